The van der Waals surface area contributed by atoms with Crippen molar-refractivity contribution in [3.8, 4) is 0 Å². The molecule has 1 aromatic rings. The molecule has 0 bridgehead atoms. The van der Waals surface area contributed by atoms with E-state index in [0.29, 0.717) is 6.42 Å². The van der Waals surface area contributed by atoms with Crippen molar-refractivity contribution in [3.63, 3.8) is 0 Å². The average Bonchev–Trinajstić information content (AvgIpc) is 2.72. The van der Waals surface area contributed by atoms with Gasteiger partial charge in [0.1, 0.15) is 0 Å². The average molecular weight is 268 g/mol. The Morgan fingerprint density at radius 1 is 1.06 bits per heavy atom. The first-order valence-corrected chi connectivity index (χ1v) is 7.77. The van der Waals surface area contributed by atoms with Gasteiger partial charge < -0.3 is 5.11 Å². The Morgan fingerprint density at radius 3 is 2.22 bits per heavy atom. The SMILES string of the molecule is Cc1ccc(CCCCCCCCCC(=O)O)s1. The van der Waals surface area contributed by atoms with E-state index < -0.39 is 5.97 Å². The second-order valence-corrected chi connectivity index (χ2v) is 6.25. The molecule has 0 saturated carbocycles. The number of rotatable bonds is 10. The molecule has 0 aliphatic carbocycles. The van der Waals surface area contributed by atoms with Crippen molar-refractivity contribution >= 4 is 17.3 Å². The minimum atomic E-state index is -0.666. The van der Waals surface area contributed by atoms with E-state index in [1.54, 1.807) is 0 Å². The summed E-state index contributed by atoms with van der Waals surface area (Å²) < 4.78 is 0. The summed E-state index contributed by atoms with van der Waals surface area (Å²) in [5, 5.41) is 8.50. The van der Waals surface area contributed by atoms with Crippen LogP contribution in [-0.2, 0) is 11.2 Å². The Balaban J connectivity index is 1.85. The summed E-state index contributed by atoms with van der Waals surface area (Å²) >= 11 is 1.91. The van der Waals surface area contributed by atoms with Crippen LogP contribution < -0.4 is 0 Å². The van der Waals surface area contributed by atoms with E-state index in [1.165, 1.54) is 48.3 Å². The fourth-order valence-corrected chi connectivity index (χ4v) is 3.01. The third-order valence-electron chi connectivity index (χ3n) is 3.11. The first-order chi connectivity index (χ1) is 8.68. The molecule has 0 aliphatic heterocycles. The third kappa shape index (κ3) is 7.49. The number of hydrogen-bond donors (Lipinski definition) is 1. The normalized spacial score (nSPS) is 10.7. The van der Waals surface area contributed by atoms with Crippen LogP contribution in [0.3, 0.4) is 0 Å². The number of carboxylic acids is 1. The number of aliphatic carboxylic acids is 1. The molecule has 0 amide bonds. The molecule has 18 heavy (non-hydrogen) atoms. The topological polar surface area (TPSA) is 37.3 Å². The van der Waals surface area contributed by atoms with Gasteiger partial charge in [-0.25, -0.2) is 0 Å². The number of carbonyl (C=O) groups is 1. The van der Waals surface area contributed by atoms with Gasteiger partial charge >= 0.3 is 5.97 Å². The van der Waals surface area contributed by atoms with Crippen LogP contribution in [0.25, 0.3) is 0 Å². The van der Waals surface area contributed by atoms with Gasteiger partial charge in [-0.2, -0.15) is 0 Å². The van der Waals surface area contributed by atoms with E-state index in [2.05, 4.69) is 19.1 Å². The molecule has 0 spiro atoms. The summed E-state index contributed by atoms with van der Waals surface area (Å²) in [7, 11) is 0. The number of aryl methyl sites for hydroxylation is 2. The van der Waals surface area contributed by atoms with Crippen LogP contribution in [0.2, 0.25) is 0 Å². The summed E-state index contributed by atoms with van der Waals surface area (Å²) in [6.07, 6.45) is 9.77. The minimum Gasteiger partial charge on any atom is -0.481 e. The lowest BCUT2D eigenvalue weighted by molar-refractivity contribution is -0.137. The van der Waals surface area contributed by atoms with Crippen molar-refractivity contribution in [2.75, 3.05) is 0 Å². The summed E-state index contributed by atoms with van der Waals surface area (Å²) in [6.45, 7) is 2.16. The van der Waals surface area contributed by atoms with Crippen LogP contribution in [-0.4, -0.2) is 11.1 Å². The fourth-order valence-electron chi connectivity index (χ4n) is 2.08. The molecule has 102 valence electrons. The molecule has 0 fully saturated rings. The Bertz CT molecular complexity index is 344. The Kier molecular flexibility index (Phi) is 7.74. The molecule has 0 saturated heterocycles. The minimum absolute atomic E-state index is 0.331. The Hall–Kier alpha value is -0.830. The van der Waals surface area contributed by atoms with E-state index in [9.17, 15) is 4.79 Å². The number of hydrogen-bond acceptors (Lipinski definition) is 2. The molecule has 0 unspecified atom stereocenters. The molecule has 1 heterocycles. The molecule has 0 radical (unpaired) electrons. The summed E-state index contributed by atoms with van der Waals surface area (Å²) in [5.41, 5.74) is 0. The lowest BCUT2D eigenvalue weighted by Gasteiger charge is -2.01. The lowest BCUT2D eigenvalue weighted by Crippen LogP contribution is -1.93. The van der Waals surface area contributed by atoms with Crippen molar-refractivity contribution in [2.45, 2.75) is 64.7 Å². The van der Waals surface area contributed by atoms with E-state index >= 15 is 0 Å². The number of carboxylic acid groups (broad SMARTS) is 1. The third-order valence-corrected chi connectivity index (χ3v) is 4.17. The zero-order valence-electron chi connectivity index (χ0n) is 11.3. The van der Waals surface area contributed by atoms with Crippen molar-refractivity contribution in [1.82, 2.24) is 0 Å². The molecule has 0 aromatic carbocycles. The summed E-state index contributed by atoms with van der Waals surface area (Å²) in [4.78, 5) is 13.2. The van der Waals surface area contributed by atoms with Gasteiger partial charge in [-0.1, -0.05) is 32.1 Å². The zero-order chi connectivity index (χ0) is 13.2. The number of unbranched alkanes of at least 4 members (excludes halogenated alkanes) is 6. The number of thiophene rings is 1. The lowest BCUT2D eigenvalue weighted by atomic mass is 10.1. The summed E-state index contributed by atoms with van der Waals surface area (Å²) in [5.74, 6) is -0.666. The maximum Gasteiger partial charge on any atom is 0.303 e. The van der Waals surface area contributed by atoms with Crippen LogP contribution in [0.15, 0.2) is 12.1 Å². The highest BCUT2D eigenvalue weighted by atomic mass is 32.1. The highest BCUT2D eigenvalue weighted by Crippen LogP contribution is 2.18. The molecular formula is C15H24O2S. The van der Waals surface area contributed by atoms with Crippen molar-refractivity contribution in [2.24, 2.45) is 0 Å². The second kappa shape index (κ2) is 9.15. The molecule has 1 rings (SSSR count). The van der Waals surface area contributed by atoms with Crippen LogP contribution in [0.4, 0.5) is 0 Å². The van der Waals surface area contributed by atoms with Gasteiger partial charge in [-0.15, -0.1) is 11.3 Å². The molecule has 3 heteroatoms. The first kappa shape index (κ1) is 15.2. The smallest absolute Gasteiger partial charge is 0.303 e. The molecule has 1 N–H and O–H groups in total. The second-order valence-electron chi connectivity index (χ2n) is 4.88. The standard InChI is InChI=1S/C15H24O2S/c1-13-11-12-14(18-13)9-7-5-3-2-4-6-8-10-15(16)17/h11-12H,2-10H2,1H3,(H,16,17). The maximum absolute atomic E-state index is 10.3. The van der Waals surface area contributed by atoms with Gasteiger partial charge in [0.25, 0.3) is 0 Å². The first-order valence-electron chi connectivity index (χ1n) is 6.95. The Labute approximate surface area is 114 Å². The predicted molar refractivity (Wildman–Crippen MR) is 77.3 cm³/mol. The molecule has 1 aromatic heterocycles. The van der Waals surface area contributed by atoms with Crippen LogP contribution in [0, 0.1) is 6.92 Å². The highest BCUT2D eigenvalue weighted by molar-refractivity contribution is 7.11. The van der Waals surface area contributed by atoms with E-state index in [1.807, 2.05) is 11.3 Å². The maximum atomic E-state index is 10.3. The van der Waals surface area contributed by atoms with E-state index in [-0.39, 0.29) is 0 Å². The van der Waals surface area contributed by atoms with Gasteiger partial charge in [-0.3, -0.25) is 4.79 Å². The van der Waals surface area contributed by atoms with Crippen molar-refractivity contribution in [3.05, 3.63) is 21.9 Å². The Morgan fingerprint density at radius 2 is 1.67 bits per heavy atom. The van der Waals surface area contributed by atoms with Crippen molar-refractivity contribution < 1.29 is 9.90 Å². The fraction of sp³-hybridized carbons (Fsp3) is 0.667. The van der Waals surface area contributed by atoms with Crippen LogP contribution >= 0.6 is 11.3 Å². The van der Waals surface area contributed by atoms with Crippen molar-refractivity contribution in [1.29, 1.82) is 0 Å². The largest absolute Gasteiger partial charge is 0.481 e. The van der Waals surface area contributed by atoms with Gasteiger partial charge in [-0.05, 0) is 38.3 Å². The quantitative estimate of drug-likeness (QED) is 0.619. The van der Waals surface area contributed by atoms with Gasteiger partial charge in [0, 0.05) is 16.2 Å². The van der Waals surface area contributed by atoms with Gasteiger partial charge in [0.2, 0.25) is 0 Å². The zero-order valence-corrected chi connectivity index (χ0v) is 12.1. The van der Waals surface area contributed by atoms with E-state index in [0.717, 1.165) is 12.8 Å². The molecule has 0 aliphatic rings. The van der Waals surface area contributed by atoms with Gasteiger partial charge in [0.15, 0.2) is 0 Å². The molecular weight excluding hydrogens is 244 g/mol. The van der Waals surface area contributed by atoms with E-state index in [4.69, 9.17) is 5.11 Å². The predicted octanol–water partition coefficient (Wildman–Crippen LogP) is 4.80. The summed E-state index contributed by atoms with van der Waals surface area (Å²) in [6, 6.07) is 4.44. The van der Waals surface area contributed by atoms with Crippen LogP contribution in [0.5, 0.6) is 0 Å². The highest BCUT2D eigenvalue weighted by Gasteiger charge is 1.98. The molecule has 0 atom stereocenters. The monoisotopic (exact) mass is 268 g/mol. The van der Waals surface area contributed by atoms with Crippen LogP contribution in [0.1, 0.15) is 61.1 Å². The molecule has 2 nitrogen and oxygen atoms in total. The van der Waals surface area contributed by atoms with Gasteiger partial charge in [0.05, 0.1) is 0 Å².